The summed E-state index contributed by atoms with van der Waals surface area (Å²) in [4.78, 5) is 13.9. The van der Waals surface area contributed by atoms with Crippen LogP contribution in [0.2, 0.25) is 0 Å². The molecule has 1 unspecified atom stereocenters. The van der Waals surface area contributed by atoms with Crippen LogP contribution in [0.1, 0.15) is 30.0 Å². The van der Waals surface area contributed by atoms with E-state index in [-0.39, 0.29) is 11.9 Å². The van der Waals surface area contributed by atoms with Gasteiger partial charge in [-0.2, -0.15) is 0 Å². The molecule has 21 heavy (non-hydrogen) atoms. The summed E-state index contributed by atoms with van der Waals surface area (Å²) in [5, 5.41) is 2.06. The summed E-state index contributed by atoms with van der Waals surface area (Å²) < 4.78 is 1.09. The molecule has 1 amide bonds. The third-order valence-corrected chi connectivity index (χ3v) is 4.92. The van der Waals surface area contributed by atoms with Gasteiger partial charge in [0.05, 0.1) is 3.79 Å². The average Bonchev–Trinajstić information content (AvgIpc) is 2.90. The molecule has 3 nitrogen and oxygen atoms in total. The average molecular weight is 367 g/mol. The van der Waals surface area contributed by atoms with Gasteiger partial charge in [0.15, 0.2) is 0 Å². The van der Waals surface area contributed by atoms with Crippen molar-refractivity contribution in [3.8, 4) is 0 Å². The van der Waals surface area contributed by atoms with Crippen molar-refractivity contribution in [1.29, 1.82) is 0 Å². The number of carbonyl (C=O) groups is 1. The van der Waals surface area contributed by atoms with Crippen LogP contribution in [0.4, 0.5) is 0 Å². The van der Waals surface area contributed by atoms with Gasteiger partial charge in [-0.15, -0.1) is 11.3 Å². The first-order valence-corrected chi connectivity index (χ1v) is 8.51. The van der Waals surface area contributed by atoms with E-state index in [2.05, 4.69) is 21.3 Å². The van der Waals surface area contributed by atoms with Crippen LogP contribution in [-0.2, 0) is 11.3 Å². The fourth-order valence-corrected chi connectivity index (χ4v) is 3.33. The van der Waals surface area contributed by atoms with Crippen molar-refractivity contribution in [2.45, 2.75) is 25.4 Å². The lowest BCUT2D eigenvalue weighted by Gasteiger charge is -2.18. The van der Waals surface area contributed by atoms with Crippen LogP contribution in [0.25, 0.3) is 0 Å². The van der Waals surface area contributed by atoms with Crippen molar-refractivity contribution in [2.24, 2.45) is 5.73 Å². The summed E-state index contributed by atoms with van der Waals surface area (Å²) in [6.45, 7) is 0.640. The van der Waals surface area contributed by atoms with Crippen LogP contribution in [0, 0.1) is 0 Å². The van der Waals surface area contributed by atoms with E-state index in [1.807, 2.05) is 43.4 Å². The Kier molecular flexibility index (Phi) is 5.96. The third-order valence-electron chi connectivity index (χ3n) is 3.36. The first-order valence-electron chi connectivity index (χ1n) is 6.83. The lowest BCUT2D eigenvalue weighted by Crippen LogP contribution is -2.26. The maximum atomic E-state index is 12.2. The second-order valence-corrected chi connectivity index (χ2v) is 7.36. The molecule has 2 N–H and O–H groups in total. The molecule has 0 spiro atoms. The number of nitrogens with zero attached hydrogens (tertiary/aromatic N) is 1. The van der Waals surface area contributed by atoms with Gasteiger partial charge in [0.2, 0.25) is 5.91 Å². The van der Waals surface area contributed by atoms with Crippen molar-refractivity contribution in [2.75, 3.05) is 7.05 Å². The smallest absolute Gasteiger partial charge is 0.222 e. The van der Waals surface area contributed by atoms with E-state index in [1.165, 1.54) is 0 Å². The normalized spacial score (nSPS) is 12.1. The fraction of sp³-hybridized carbons (Fsp3) is 0.312. The van der Waals surface area contributed by atoms with E-state index in [9.17, 15) is 4.79 Å². The van der Waals surface area contributed by atoms with Crippen molar-refractivity contribution in [3.05, 3.63) is 56.7 Å². The van der Waals surface area contributed by atoms with Crippen molar-refractivity contribution < 1.29 is 4.79 Å². The molecule has 0 saturated carbocycles. The number of hydrogen-bond donors (Lipinski definition) is 1. The molecular weight excluding hydrogens is 348 g/mol. The van der Waals surface area contributed by atoms with Gasteiger partial charge in [-0.1, -0.05) is 30.3 Å². The molecule has 2 aromatic rings. The highest BCUT2D eigenvalue weighted by atomic mass is 79.9. The Morgan fingerprint density at radius 3 is 2.71 bits per heavy atom. The number of nitrogens with two attached hydrogens (primary N) is 1. The van der Waals surface area contributed by atoms with E-state index in [1.54, 1.807) is 16.2 Å². The largest absolute Gasteiger partial charge is 0.341 e. The second kappa shape index (κ2) is 7.73. The van der Waals surface area contributed by atoms with Crippen LogP contribution < -0.4 is 5.73 Å². The zero-order chi connectivity index (χ0) is 15.2. The van der Waals surface area contributed by atoms with Gasteiger partial charge in [0.1, 0.15) is 0 Å². The molecule has 0 bridgehead atoms. The number of benzene rings is 1. The van der Waals surface area contributed by atoms with Crippen LogP contribution >= 0.6 is 27.3 Å². The fourth-order valence-electron chi connectivity index (χ4n) is 2.13. The number of rotatable bonds is 6. The highest BCUT2D eigenvalue weighted by molar-refractivity contribution is 9.11. The van der Waals surface area contributed by atoms with Gasteiger partial charge in [0.25, 0.3) is 0 Å². The highest BCUT2D eigenvalue weighted by Gasteiger charge is 2.13. The summed E-state index contributed by atoms with van der Waals surface area (Å²) in [7, 11) is 1.84. The molecule has 1 atom stereocenters. The quantitative estimate of drug-likeness (QED) is 0.840. The van der Waals surface area contributed by atoms with Crippen LogP contribution in [-0.4, -0.2) is 17.9 Å². The predicted octanol–water partition coefficient (Wildman–Crippen LogP) is 3.95. The van der Waals surface area contributed by atoms with Gasteiger partial charge >= 0.3 is 0 Å². The molecule has 5 heteroatoms. The molecule has 0 aliphatic rings. The summed E-state index contributed by atoms with van der Waals surface area (Å²) in [6, 6.07) is 11.9. The Bertz CT molecular complexity index is 585. The van der Waals surface area contributed by atoms with E-state index >= 15 is 0 Å². The van der Waals surface area contributed by atoms with Crippen LogP contribution in [0.15, 0.2) is 45.6 Å². The third kappa shape index (κ3) is 4.95. The zero-order valence-electron chi connectivity index (χ0n) is 12.0. The lowest BCUT2D eigenvalue weighted by molar-refractivity contribution is -0.130. The van der Waals surface area contributed by atoms with E-state index < -0.39 is 0 Å². The first kappa shape index (κ1) is 16.2. The minimum absolute atomic E-state index is 0.0844. The molecule has 0 aliphatic carbocycles. The summed E-state index contributed by atoms with van der Waals surface area (Å²) in [5.74, 6) is 0.128. The zero-order valence-corrected chi connectivity index (χ0v) is 14.4. The van der Waals surface area contributed by atoms with Crippen LogP contribution in [0.3, 0.4) is 0 Å². The molecule has 2 rings (SSSR count). The lowest BCUT2D eigenvalue weighted by atomic mass is 10.0. The number of thiophene rings is 1. The van der Waals surface area contributed by atoms with Crippen molar-refractivity contribution in [1.82, 2.24) is 4.90 Å². The molecule has 0 aliphatic heterocycles. The van der Waals surface area contributed by atoms with E-state index in [0.29, 0.717) is 19.4 Å². The topological polar surface area (TPSA) is 46.3 Å². The standard InChI is InChI=1S/C16H19BrN2OS/c1-19(10-12-9-15(17)21-11-12)16(20)8-7-14(18)13-5-3-2-4-6-13/h2-6,9,11,14H,7-8,10,18H2,1H3. The van der Waals surface area contributed by atoms with Crippen LogP contribution in [0.5, 0.6) is 0 Å². The number of halogens is 1. The Labute approximate surface area is 137 Å². The van der Waals surface area contributed by atoms with Gasteiger partial charge in [-0.3, -0.25) is 4.79 Å². The molecule has 1 aromatic carbocycles. The molecule has 112 valence electrons. The summed E-state index contributed by atoms with van der Waals surface area (Å²) >= 11 is 5.07. The predicted molar refractivity (Wildman–Crippen MR) is 91.1 cm³/mol. The second-order valence-electron chi connectivity index (χ2n) is 5.06. The number of hydrogen-bond acceptors (Lipinski definition) is 3. The highest BCUT2D eigenvalue weighted by Crippen LogP contribution is 2.22. The SMILES string of the molecule is CN(Cc1csc(Br)c1)C(=O)CCC(N)c1ccccc1. The minimum Gasteiger partial charge on any atom is -0.341 e. The number of carbonyl (C=O) groups excluding carboxylic acids is 1. The van der Waals surface area contributed by atoms with Gasteiger partial charge < -0.3 is 10.6 Å². The Morgan fingerprint density at radius 1 is 1.38 bits per heavy atom. The van der Waals surface area contributed by atoms with Gasteiger partial charge in [-0.25, -0.2) is 0 Å². The van der Waals surface area contributed by atoms with Crippen molar-refractivity contribution in [3.63, 3.8) is 0 Å². The Balaban J connectivity index is 1.81. The van der Waals surface area contributed by atoms with E-state index in [4.69, 9.17) is 5.73 Å². The molecular formula is C16H19BrN2OS. The van der Waals surface area contributed by atoms with E-state index in [0.717, 1.165) is 14.9 Å². The first-order chi connectivity index (χ1) is 10.1. The molecule has 1 heterocycles. The minimum atomic E-state index is -0.0844. The summed E-state index contributed by atoms with van der Waals surface area (Å²) in [6.07, 6.45) is 1.14. The maximum Gasteiger partial charge on any atom is 0.222 e. The number of amides is 1. The molecule has 0 radical (unpaired) electrons. The Hall–Kier alpha value is -1.17. The molecule has 0 fully saturated rings. The molecule has 0 saturated heterocycles. The van der Waals surface area contributed by atoms with Gasteiger partial charge in [0, 0.05) is 26.1 Å². The molecule has 1 aromatic heterocycles. The maximum absolute atomic E-state index is 12.2. The monoisotopic (exact) mass is 366 g/mol. The Morgan fingerprint density at radius 2 is 2.10 bits per heavy atom. The summed E-state index contributed by atoms with van der Waals surface area (Å²) in [5.41, 5.74) is 8.35. The van der Waals surface area contributed by atoms with Gasteiger partial charge in [-0.05, 0) is 44.9 Å². The van der Waals surface area contributed by atoms with Crippen molar-refractivity contribution >= 4 is 33.2 Å².